The summed E-state index contributed by atoms with van der Waals surface area (Å²) < 4.78 is 5.11. The van der Waals surface area contributed by atoms with E-state index in [0.29, 0.717) is 23.4 Å². The molecule has 1 amide bonds. The predicted molar refractivity (Wildman–Crippen MR) is 54.5 cm³/mol. The number of aryl methyl sites for hydroxylation is 1. The molecule has 15 heavy (non-hydrogen) atoms. The van der Waals surface area contributed by atoms with Crippen molar-refractivity contribution in [1.29, 1.82) is 0 Å². The molecule has 2 N–H and O–H groups in total. The number of fused-ring (bicyclic) bond motifs is 1. The molecule has 80 valence electrons. The Kier molecular flexibility index (Phi) is 1.85. The van der Waals surface area contributed by atoms with Gasteiger partial charge in [0.25, 0.3) is 5.91 Å². The maximum absolute atomic E-state index is 11.7. The molecule has 2 heterocycles. The molecule has 0 radical (unpaired) electrons. The zero-order valence-corrected chi connectivity index (χ0v) is 8.62. The summed E-state index contributed by atoms with van der Waals surface area (Å²) in [6.45, 7) is 3.92. The number of rotatable bonds is 2. The number of amides is 1. The van der Waals surface area contributed by atoms with Crippen LogP contribution in [0.2, 0.25) is 0 Å². The van der Waals surface area contributed by atoms with Crippen molar-refractivity contribution >= 4 is 5.91 Å². The molecule has 1 aromatic rings. The molecule has 0 spiro atoms. The highest BCUT2D eigenvalue weighted by Crippen LogP contribution is 2.41. The monoisotopic (exact) mass is 206 g/mol. The van der Waals surface area contributed by atoms with Gasteiger partial charge in [-0.3, -0.25) is 4.79 Å². The van der Waals surface area contributed by atoms with Gasteiger partial charge in [-0.1, -0.05) is 0 Å². The largest absolute Gasteiger partial charge is 0.469 e. The molecular formula is C11H14N2O2. The van der Waals surface area contributed by atoms with Crippen LogP contribution in [0.4, 0.5) is 0 Å². The van der Waals surface area contributed by atoms with Crippen molar-refractivity contribution in [3.8, 4) is 0 Å². The van der Waals surface area contributed by atoms with Crippen molar-refractivity contribution in [2.24, 2.45) is 11.8 Å². The minimum absolute atomic E-state index is 0.00810. The van der Waals surface area contributed by atoms with Gasteiger partial charge < -0.3 is 15.1 Å². The summed E-state index contributed by atoms with van der Waals surface area (Å²) in [6.07, 6.45) is 1.51. The van der Waals surface area contributed by atoms with Gasteiger partial charge in [-0.15, -0.1) is 0 Å². The molecule has 2 unspecified atom stereocenters. The number of hydrogen-bond acceptors (Lipinski definition) is 3. The summed E-state index contributed by atoms with van der Waals surface area (Å²) in [7, 11) is 0. The smallest absolute Gasteiger partial charge is 0.254 e. The molecule has 2 atom stereocenters. The number of nitrogens with one attached hydrogen (secondary N) is 2. The van der Waals surface area contributed by atoms with Crippen LogP contribution in [0.15, 0.2) is 16.7 Å². The van der Waals surface area contributed by atoms with Gasteiger partial charge in [-0.25, -0.2) is 0 Å². The van der Waals surface area contributed by atoms with Gasteiger partial charge >= 0.3 is 0 Å². The lowest BCUT2D eigenvalue weighted by Crippen LogP contribution is -2.32. The SMILES string of the molecule is Cc1cc(C(=O)NC2C3CNCC32)co1. The lowest BCUT2D eigenvalue weighted by atomic mass is 10.3. The van der Waals surface area contributed by atoms with Crippen molar-refractivity contribution in [2.75, 3.05) is 13.1 Å². The van der Waals surface area contributed by atoms with Crippen molar-refractivity contribution in [3.05, 3.63) is 23.7 Å². The molecule has 1 saturated heterocycles. The van der Waals surface area contributed by atoms with Crippen LogP contribution < -0.4 is 10.6 Å². The topological polar surface area (TPSA) is 54.3 Å². The van der Waals surface area contributed by atoms with Gasteiger partial charge in [0, 0.05) is 19.1 Å². The van der Waals surface area contributed by atoms with Crippen LogP contribution in [0.25, 0.3) is 0 Å². The summed E-state index contributed by atoms with van der Waals surface area (Å²) >= 11 is 0. The molecule has 1 aliphatic heterocycles. The molecule has 3 rings (SSSR count). The van der Waals surface area contributed by atoms with Crippen LogP contribution in [-0.4, -0.2) is 25.0 Å². The lowest BCUT2D eigenvalue weighted by Gasteiger charge is -2.05. The molecule has 0 aromatic carbocycles. The maximum atomic E-state index is 11.7. The van der Waals surface area contributed by atoms with E-state index in [-0.39, 0.29) is 5.91 Å². The Morgan fingerprint density at radius 3 is 2.87 bits per heavy atom. The van der Waals surface area contributed by atoms with E-state index in [1.54, 1.807) is 6.07 Å². The molecule has 1 saturated carbocycles. The third kappa shape index (κ3) is 1.45. The van der Waals surface area contributed by atoms with E-state index in [4.69, 9.17) is 4.42 Å². The summed E-state index contributed by atoms with van der Waals surface area (Å²) in [5.74, 6) is 2.08. The minimum atomic E-state index is -0.00810. The first-order valence-corrected chi connectivity index (χ1v) is 5.32. The van der Waals surface area contributed by atoms with Crippen molar-refractivity contribution in [2.45, 2.75) is 13.0 Å². The Hall–Kier alpha value is -1.29. The number of carbonyl (C=O) groups excluding carboxylic acids is 1. The summed E-state index contributed by atoms with van der Waals surface area (Å²) in [5.41, 5.74) is 0.630. The van der Waals surface area contributed by atoms with Crippen LogP contribution in [0.3, 0.4) is 0 Å². The van der Waals surface area contributed by atoms with Gasteiger partial charge in [0.2, 0.25) is 0 Å². The van der Waals surface area contributed by atoms with E-state index in [2.05, 4.69) is 10.6 Å². The molecule has 4 nitrogen and oxygen atoms in total. The highest BCUT2D eigenvalue weighted by molar-refractivity contribution is 5.94. The molecular weight excluding hydrogens is 192 g/mol. The van der Waals surface area contributed by atoms with Gasteiger partial charge in [0.15, 0.2) is 0 Å². The standard InChI is InChI=1S/C11H14N2O2/c1-6-2-7(5-15-6)11(14)13-10-8-3-12-4-9(8)10/h2,5,8-10,12H,3-4H2,1H3,(H,13,14). The summed E-state index contributed by atoms with van der Waals surface area (Å²) in [6, 6.07) is 2.15. The first-order chi connectivity index (χ1) is 7.25. The highest BCUT2D eigenvalue weighted by atomic mass is 16.3. The predicted octanol–water partition coefficient (Wildman–Crippen LogP) is 0.536. The van der Waals surface area contributed by atoms with Crippen molar-refractivity contribution in [3.63, 3.8) is 0 Å². The number of carbonyl (C=O) groups is 1. The van der Waals surface area contributed by atoms with Gasteiger partial charge in [-0.05, 0) is 24.8 Å². The van der Waals surface area contributed by atoms with E-state index in [1.807, 2.05) is 6.92 Å². The normalized spacial score (nSPS) is 32.5. The average molecular weight is 206 g/mol. The Bertz CT molecular complexity index is 389. The first-order valence-electron chi connectivity index (χ1n) is 5.32. The van der Waals surface area contributed by atoms with Crippen LogP contribution in [-0.2, 0) is 0 Å². The summed E-state index contributed by atoms with van der Waals surface area (Å²) in [5, 5.41) is 6.35. The van der Waals surface area contributed by atoms with Gasteiger partial charge in [-0.2, -0.15) is 0 Å². The maximum Gasteiger partial charge on any atom is 0.254 e. The second-order valence-corrected chi connectivity index (χ2v) is 4.43. The second-order valence-electron chi connectivity index (χ2n) is 4.43. The fourth-order valence-electron chi connectivity index (χ4n) is 2.43. The van der Waals surface area contributed by atoms with Gasteiger partial charge in [0.1, 0.15) is 12.0 Å². The highest BCUT2D eigenvalue weighted by Gasteiger charge is 2.53. The third-order valence-corrected chi connectivity index (χ3v) is 3.38. The number of piperidine rings is 1. The lowest BCUT2D eigenvalue weighted by molar-refractivity contribution is 0.0946. The fraction of sp³-hybridized carbons (Fsp3) is 0.545. The van der Waals surface area contributed by atoms with E-state index in [0.717, 1.165) is 18.8 Å². The van der Waals surface area contributed by atoms with Crippen LogP contribution in [0.5, 0.6) is 0 Å². The van der Waals surface area contributed by atoms with Crippen molar-refractivity contribution in [1.82, 2.24) is 10.6 Å². The van der Waals surface area contributed by atoms with E-state index < -0.39 is 0 Å². The average Bonchev–Trinajstić information content (AvgIpc) is 2.66. The molecule has 0 bridgehead atoms. The van der Waals surface area contributed by atoms with Crippen LogP contribution >= 0.6 is 0 Å². The fourth-order valence-corrected chi connectivity index (χ4v) is 2.43. The Morgan fingerprint density at radius 2 is 2.27 bits per heavy atom. The van der Waals surface area contributed by atoms with Crippen molar-refractivity contribution < 1.29 is 9.21 Å². The zero-order valence-electron chi connectivity index (χ0n) is 8.62. The second kappa shape index (κ2) is 3.10. The minimum Gasteiger partial charge on any atom is -0.469 e. The third-order valence-electron chi connectivity index (χ3n) is 3.38. The summed E-state index contributed by atoms with van der Waals surface area (Å²) in [4.78, 5) is 11.7. The molecule has 1 aromatic heterocycles. The van der Waals surface area contributed by atoms with Crippen LogP contribution in [0, 0.1) is 18.8 Å². The van der Waals surface area contributed by atoms with Gasteiger partial charge in [0.05, 0.1) is 5.56 Å². The molecule has 2 aliphatic rings. The molecule has 1 aliphatic carbocycles. The Morgan fingerprint density at radius 1 is 1.53 bits per heavy atom. The van der Waals surface area contributed by atoms with E-state index >= 15 is 0 Å². The van der Waals surface area contributed by atoms with Crippen LogP contribution in [0.1, 0.15) is 16.1 Å². The van der Waals surface area contributed by atoms with E-state index in [1.165, 1.54) is 6.26 Å². The zero-order chi connectivity index (χ0) is 10.4. The number of hydrogen-bond donors (Lipinski definition) is 2. The molecule has 4 heteroatoms. The Labute approximate surface area is 88.0 Å². The Balaban J connectivity index is 1.62. The molecule has 2 fully saturated rings. The quantitative estimate of drug-likeness (QED) is 0.742. The number of furan rings is 1. The van der Waals surface area contributed by atoms with E-state index in [9.17, 15) is 4.79 Å². The first kappa shape index (κ1) is 8.97.